The van der Waals surface area contributed by atoms with E-state index in [1.165, 1.54) is 25.8 Å². The molecule has 2 atom stereocenters. The summed E-state index contributed by atoms with van der Waals surface area (Å²) in [5.74, 6) is 0.938. The molecule has 0 aliphatic carbocycles. The van der Waals surface area contributed by atoms with Gasteiger partial charge in [-0.1, -0.05) is 18.6 Å². The molecule has 3 heteroatoms. The van der Waals surface area contributed by atoms with E-state index in [1.54, 1.807) is 0 Å². The maximum atomic E-state index is 5.88. The third-order valence-corrected chi connectivity index (χ3v) is 4.03. The van der Waals surface area contributed by atoms with E-state index in [4.69, 9.17) is 10.5 Å². The van der Waals surface area contributed by atoms with Crippen LogP contribution in [0.15, 0.2) is 24.3 Å². The molecule has 2 rings (SSSR count). The Hall–Kier alpha value is -1.06. The van der Waals surface area contributed by atoms with Crippen molar-refractivity contribution in [3.63, 3.8) is 0 Å². The number of rotatable bonds is 5. The molecule has 1 aromatic rings. The van der Waals surface area contributed by atoms with Gasteiger partial charge in [-0.25, -0.2) is 0 Å². The van der Waals surface area contributed by atoms with E-state index in [0.717, 1.165) is 24.3 Å². The van der Waals surface area contributed by atoms with Crippen LogP contribution >= 0.6 is 0 Å². The first-order valence-corrected chi connectivity index (χ1v) is 7.35. The predicted molar refractivity (Wildman–Crippen MR) is 79.4 cm³/mol. The minimum atomic E-state index is 0.0630. The van der Waals surface area contributed by atoms with Crippen LogP contribution in [0, 0.1) is 0 Å². The Kier molecular flexibility index (Phi) is 5.23. The summed E-state index contributed by atoms with van der Waals surface area (Å²) in [4.78, 5) is 2.46. The first kappa shape index (κ1) is 14.4. The summed E-state index contributed by atoms with van der Waals surface area (Å²) >= 11 is 0. The maximum absolute atomic E-state index is 5.88. The number of nitrogens with two attached hydrogens (primary N) is 1. The van der Waals surface area contributed by atoms with Crippen LogP contribution in [0.5, 0.6) is 5.75 Å². The molecular weight excluding hydrogens is 236 g/mol. The van der Waals surface area contributed by atoms with Crippen molar-refractivity contribution in [3.8, 4) is 5.75 Å². The van der Waals surface area contributed by atoms with Crippen molar-refractivity contribution < 1.29 is 4.74 Å². The Morgan fingerprint density at radius 3 is 3.00 bits per heavy atom. The molecule has 0 saturated carbocycles. The molecule has 19 heavy (non-hydrogen) atoms. The van der Waals surface area contributed by atoms with Crippen molar-refractivity contribution in [1.29, 1.82) is 0 Å². The van der Waals surface area contributed by atoms with Crippen molar-refractivity contribution >= 4 is 0 Å². The molecule has 1 aliphatic heterocycles. The number of piperidine rings is 1. The van der Waals surface area contributed by atoms with E-state index in [2.05, 4.69) is 18.0 Å². The van der Waals surface area contributed by atoms with Gasteiger partial charge in [0.15, 0.2) is 0 Å². The van der Waals surface area contributed by atoms with Crippen molar-refractivity contribution in [1.82, 2.24) is 4.90 Å². The summed E-state index contributed by atoms with van der Waals surface area (Å²) in [7, 11) is 2.22. The van der Waals surface area contributed by atoms with E-state index in [0.29, 0.717) is 6.04 Å². The van der Waals surface area contributed by atoms with Crippen LogP contribution in [0.3, 0.4) is 0 Å². The van der Waals surface area contributed by atoms with Gasteiger partial charge in [-0.3, -0.25) is 0 Å². The van der Waals surface area contributed by atoms with E-state index >= 15 is 0 Å². The lowest BCUT2D eigenvalue weighted by molar-refractivity contribution is 0.153. The van der Waals surface area contributed by atoms with Crippen LogP contribution in [0.4, 0.5) is 0 Å². The van der Waals surface area contributed by atoms with E-state index < -0.39 is 0 Å². The summed E-state index contributed by atoms with van der Waals surface area (Å²) in [5, 5.41) is 0. The molecule has 1 fully saturated rings. The molecule has 0 bridgehead atoms. The number of hydrogen-bond acceptors (Lipinski definition) is 3. The van der Waals surface area contributed by atoms with Gasteiger partial charge in [0.2, 0.25) is 0 Å². The molecule has 2 N–H and O–H groups in total. The summed E-state index contributed by atoms with van der Waals surface area (Å²) in [6, 6.07) is 8.87. The Labute approximate surface area is 116 Å². The lowest BCUT2D eigenvalue weighted by Crippen LogP contribution is -2.37. The average molecular weight is 262 g/mol. The molecule has 106 valence electrons. The number of benzene rings is 1. The van der Waals surface area contributed by atoms with Gasteiger partial charge in [-0.15, -0.1) is 0 Å². The van der Waals surface area contributed by atoms with Gasteiger partial charge in [0.1, 0.15) is 5.75 Å². The molecule has 1 aliphatic rings. The van der Waals surface area contributed by atoms with E-state index in [9.17, 15) is 0 Å². The SMILES string of the molecule is CC(N)c1cccc(OCCC2CCCCN2C)c1. The lowest BCUT2D eigenvalue weighted by atomic mass is 10.0. The minimum absolute atomic E-state index is 0.0630. The van der Waals surface area contributed by atoms with Crippen LogP contribution in [-0.2, 0) is 0 Å². The van der Waals surface area contributed by atoms with Gasteiger partial charge >= 0.3 is 0 Å². The fourth-order valence-electron chi connectivity index (χ4n) is 2.71. The average Bonchev–Trinajstić information content (AvgIpc) is 2.41. The number of nitrogens with zero attached hydrogens (tertiary/aromatic N) is 1. The highest BCUT2D eigenvalue weighted by atomic mass is 16.5. The molecule has 0 radical (unpaired) electrons. The smallest absolute Gasteiger partial charge is 0.119 e. The van der Waals surface area contributed by atoms with Crippen molar-refractivity contribution in [2.45, 2.75) is 44.7 Å². The van der Waals surface area contributed by atoms with Crippen LogP contribution in [0.2, 0.25) is 0 Å². The third kappa shape index (κ3) is 4.22. The van der Waals surface area contributed by atoms with Crippen LogP contribution in [0.25, 0.3) is 0 Å². The van der Waals surface area contributed by atoms with Crippen molar-refractivity contribution in [3.05, 3.63) is 29.8 Å². The van der Waals surface area contributed by atoms with Gasteiger partial charge in [-0.05, 0) is 57.5 Å². The number of ether oxygens (including phenoxy) is 1. The van der Waals surface area contributed by atoms with Crippen LogP contribution in [0.1, 0.15) is 44.2 Å². The van der Waals surface area contributed by atoms with Gasteiger partial charge < -0.3 is 15.4 Å². The first-order chi connectivity index (χ1) is 9.16. The highest BCUT2D eigenvalue weighted by molar-refractivity contribution is 5.30. The Morgan fingerprint density at radius 2 is 2.26 bits per heavy atom. The molecule has 0 spiro atoms. The molecule has 1 heterocycles. The second-order valence-electron chi connectivity index (χ2n) is 5.63. The fourth-order valence-corrected chi connectivity index (χ4v) is 2.71. The molecule has 3 nitrogen and oxygen atoms in total. The van der Waals surface area contributed by atoms with Gasteiger partial charge in [0, 0.05) is 12.1 Å². The minimum Gasteiger partial charge on any atom is -0.494 e. The molecule has 2 unspecified atom stereocenters. The molecular formula is C16H26N2O. The quantitative estimate of drug-likeness (QED) is 0.886. The normalized spacial score (nSPS) is 22.2. The standard InChI is InChI=1S/C16H26N2O/c1-13(17)14-6-5-8-16(12-14)19-11-9-15-7-3-4-10-18(15)2/h5-6,8,12-13,15H,3-4,7,9-11,17H2,1-2H3. The maximum Gasteiger partial charge on any atom is 0.119 e. The van der Waals surface area contributed by atoms with E-state index in [1.807, 2.05) is 25.1 Å². The Morgan fingerprint density at radius 1 is 1.42 bits per heavy atom. The van der Waals surface area contributed by atoms with Crippen molar-refractivity contribution in [2.75, 3.05) is 20.2 Å². The Bertz CT molecular complexity index is 392. The second-order valence-corrected chi connectivity index (χ2v) is 5.63. The van der Waals surface area contributed by atoms with Gasteiger partial charge in [0.25, 0.3) is 0 Å². The molecule has 1 saturated heterocycles. The van der Waals surface area contributed by atoms with Gasteiger partial charge in [0.05, 0.1) is 6.61 Å². The van der Waals surface area contributed by atoms with Crippen molar-refractivity contribution in [2.24, 2.45) is 5.73 Å². The van der Waals surface area contributed by atoms with Gasteiger partial charge in [-0.2, -0.15) is 0 Å². The highest BCUT2D eigenvalue weighted by Gasteiger charge is 2.18. The monoisotopic (exact) mass is 262 g/mol. The third-order valence-electron chi connectivity index (χ3n) is 4.03. The van der Waals surface area contributed by atoms with Crippen LogP contribution < -0.4 is 10.5 Å². The summed E-state index contributed by atoms with van der Waals surface area (Å²) in [6.07, 6.45) is 5.11. The second kappa shape index (κ2) is 6.92. The zero-order chi connectivity index (χ0) is 13.7. The van der Waals surface area contributed by atoms with E-state index in [-0.39, 0.29) is 6.04 Å². The fraction of sp³-hybridized carbons (Fsp3) is 0.625. The first-order valence-electron chi connectivity index (χ1n) is 7.35. The number of likely N-dealkylation sites (tertiary alicyclic amines) is 1. The summed E-state index contributed by atoms with van der Waals surface area (Å²) in [6.45, 7) is 4.01. The summed E-state index contributed by atoms with van der Waals surface area (Å²) < 4.78 is 5.87. The Balaban J connectivity index is 1.80. The highest BCUT2D eigenvalue weighted by Crippen LogP contribution is 2.20. The van der Waals surface area contributed by atoms with Crippen LogP contribution in [-0.4, -0.2) is 31.1 Å². The summed E-state index contributed by atoms with van der Waals surface area (Å²) in [5.41, 5.74) is 7.02. The molecule has 0 aromatic heterocycles. The zero-order valence-corrected chi connectivity index (χ0v) is 12.1. The molecule has 0 amide bonds. The zero-order valence-electron chi connectivity index (χ0n) is 12.1. The number of hydrogen-bond donors (Lipinski definition) is 1. The molecule has 1 aromatic carbocycles. The largest absolute Gasteiger partial charge is 0.494 e. The lowest BCUT2D eigenvalue weighted by Gasteiger charge is -2.32. The predicted octanol–water partition coefficient (Wildman–Crippen LogP) is 2.96. The topological polar surface area (TPSA) is 38.5 Å².